The minimum absolute atomic E-state index is 0.0108. The van der Waals surface area contributed by atoms with Crippen LogP contribution in [0.2, 0.25) is 0 Å². The van der Waals surface area contributed by atoms with Crippen molar-refractivity contribution in [2.45, 2.75) is 99.4 Å². The van der Waals surface area contributed by atoms with Crippen molar-refractivity contribution in [3.63, 3.8) is 0 Å². The molecular formula is C66H70F4N6O10S4. The van der Waals surface area contributed by atoms with Gasteiger partial charge in [-0.3, -0.25) is 9.80 Å². The van der Waals surface area contributed by atoms with Gasteiger partial charge in [0, 0.05) is 107 Å². The van der Waals surface area contributed by atoms with Crippen molar-refractivity contribution in [1.29, 1.82) is 0 Å². The number of thiazole rings is 2. The zero-order valence-electron chi connectivity index (χ0n) is 50.6. The molecule has 0 amide bonds. The first kappa shape index (κ1) is 64.1. The second kappa shape index (κ2) is 27.5. The average molecular weight is 1310 g/mol. The third kappa shape index (κ3) is 13.5. The lowest BCUT2D eigenvalue weighted by Gasteiger charge is -2.45. The number of sulfonamides is 2. The lowest BCUT2D eigenvalue weighted by Crippen LogP contribution is -2.41. The summed E-state index contributed by atoms with van der Waals surface area (Å²) >= 11 is 2.26. The fraction of sp³-hybridized carbons (Fsp3) is 0.364. The maximum absolute atomic E-state index is 16.1. The number of ether oxygens (including phenoxy) is 6. The van der Waals surface area contributed by atoms with Crippen LogP contribution in [-0.4, -0.2) is 91.3 Å². The van der Waals surface area contributed by atoms with Gasteiger partial charge in [0.2, 0.25) is 0 Å². The van der Waals surface area contributed by atoms with E-state index in [1.165, 1.54) is 89.4 Å². The number of methoxy groups -OCH3 is 4. The van der Waals surface area contributed by atoms with Gasteiger partial charge in [0.05, 0.1) is 54.7 Å². The molecule has 0 N–H and O–H groups in total. The lowest BCUT2D eigenvalue weighted by atomic mass is 9.85. The van der Waals surface area contributed by atoms with Crippen LogP contribution >= 0.6 is 22.7 Å². The number of anilines is 2. The molecule has 16 nitrogen and oxygen atoms in total. The van der Waals surface area contributed by atoms with E-state index in [-0.39, 0.29) is 59.2 Å². The zero-order valence-corrected chi connectivity index (χ0v) is 53.8. The van der Waals surface area contributed by atoms with Gasteiger partial charge in [-0.25, -0.2) is 53.0 Å². The Hall–Kier alpha value is -7.48. The standard InChI is InChI=1S/2C33H35F2N3O5S2/c2*1-21-10-13-37(29(16-21)22-4-7-24(34)8-5-22)28-11-14-43-31-19-32(27(35)18-26(28)31)45(39,40)38(33-36-12-15-44-33)20-23-6-9-25(41-2)17-30(23)42-3/h2*4-9,12,15,17-19,21,28-29H,10-11,13-14,16,20H2,1-3H3/t21-,28+,29+;21-,28-,29+/m11/s1. The predicted molar refractivity (Wildman–Crippen MR) is 337 cm³/mol. The lowest BCUT2D eigenvalue weighted by molar-refractivity contribution is 0.0484. The summed E-state index contributed by atoms with van der Waals surface area (Å²) in [6.07, 6.45) is 7.94. The van der Waals surface area contributed by atoms with Gasteiger partial charge in [-0.15, -0.1) is 22.7 Å². The topological polar surface area (TPSA) is 162 Å². The maximum atomic E-state index is 16.1. The Bertz CT molecular complexity index is 3760. The van der Waals surface area contributed by atoms with E-state index in [0.29, 0.717) is 94.6 Å². The van der Waals surface area contributed by atoms with Crippen molar-refractivity contribution in [3.05, 3.63) is 189 Å². The van der Waals surface area contributed by atoms with Crippen LogP contribution in [0.5, 0.6) is 34.5 Å². The van der Waals surface area contributed by atoms with E-state index in [9.17, 15) is 25.6 Å². The molecule has 12 rings (SSSR count). The van der Waals surface area contributed by atoms with E-state index in [2.05, 4.69) is 33.6 Å². The number of nitrogens with zero attached hydrogens (tertiary/aromatic N) is 6. The minimum atomic E-state index is -4.44. The number of benzene rings is 6. The van der Waals surface area contributed by atoms with Crippen molar-refractivity contribution in [2.75, 3.05) is 63.4 Å². The molecule has 0 aliphatic carbocycles. The number of piperidine rings is 2. The van der Waals surface area contributed by atoms with E-state index in [1.54, 1.807) is 47.2 Å². The molecule has 6 aromatic carbocycles. The van der Waals surface area contributed by atoms with Gasteiger partial charge in [-0.05, 0) is 122 Å². The van der Waals surface area contributed by atoms with E-state index in [1.807, 2.05) is 24.3 Å². The van der Waals surface area contributed by atoms with Crippen LogP contribution in [0, 0.1) is 35.1 Å². The summed E-state index contributed by atoms with van der Waals surface area (Å²) in [7, 11) is -2.86. The molecule has 6 atom stereocenters. The first-order chi connectivity index (χ1) is 43.4. The van der Waals surface area contributed by atoms with Gasteiger partial charge >= 0.3 is 0 Å². The van der Waals surface area contributed by atoms with Crippen LogP contribution in [0.15, 0.2) is 142 Å². The number of aromatic nitrogens is 2. The van der Waals surface area contributed by atoms with Crippen molar-refractivity contribution in [1.82, 2.24) is 19.8 Å². The maximum Gasteiger partial charge on any atom is 0.269 e. The van der Waals surface area contributed by atoms with Crippen LogP contribution < -0.4 is 37.0 Å². The van der Waals surface area contributed by atoms with Crippen LogP contribution in [0.4, 0.5) is 27.8 Å². The zero-order chi connectivity index (χ0) is 63.4. The molecule has 0 radical (unpaired) electrons. The highest BCUT2D eigenvalue weighted by atomic mass is 32.2. The molecule has 476 valence electrons. The molecule has 0 saturated carbocycles. The molecule has 8 aromatic rings. The first-order valence-electron chi connectivity index (χ1n) is 29.6. The Labute approximate surface area is 530 Å². The van der Waals surface area contributed by atoms with Crippen LogP contribution in [0.1, 0.15) is 110 Å². The Kier molecular flexibility index (Phi) is 19.6. The number of halogens is 4. The number of hydrogen-bond donors (Lipinski definition) is 0. The number of fused-ring (bicyclic) bond motifs is 2. The molecule has 0 spiro atoms. The molecular weight excluding hydrogens is 1240 g/mol. The highest BCUT2D eigenvalue weighted by molar-refractivity contribution is 7.93. The summed E-state index contributed by atoms with van der Waals surface area (Å²) in [5.74, 6) is 1.26. The molecule has 4 aliphatic heterocycles. The van der Waals surface area contributed by atoms with Gasteiger partial charge in [-0.1, -0.05) is 38.1 Å². The Balaban J connectivity index is 0.000000185. The summed E-state index contributed by atoms with van der Waals surface area (Å²) in [6, 6.07) is 28.1. The molecule has 0 unspecified atom stereocenters. The third-order valence-electron chi connectivity index (χ3n) is 17.3. The summed E-state index contributed by atoms with van der Waals surface area (Å²) in [5.41, 5.74) is 4.33. The van der Waals surface area contributed by atoms with Crippen molar-refractivity contribution in [3.8, 4) is 34.5 Å². The molecule has 2 saturated heterocycles. The molecule has 2 fully saturated rings. The third-order valence-corrected chi connectivity index (χ3v) is 22.6. The van der Waals surface area contributed by atoms with Gasteiger partial charge in [0.15, 0.2) is 10.3 Å². The molecule has 6 heterocycles. The average Bonchev–Trinajstić information content (AvgIpc) is 0.858. The first-order valence-corrected chi connectivity index (χ1v) is 34.2. The smallest absolute Gasteiger partial charge is 0.269 e. The normalized spacial score (nSPS) is 20.2. The van der Waals surface area contributed by atoms with Crippen LogP contribution in [-0.2, 0) is 33.1 Å². The molecule has 2 aromatic heterocycles. The van der Waals surface area contributed by atoms with Crippen molar-refractivity contribution < 1.29 is 62.8 Å². The highest BCUT2D eigenvalue weighted by Crippen LogP contribution is 2.49. The van der Waals surface area contributed by atoms with Crippen molar-refractivity contribution >= 4 is 53.0 Å². The summed E-state index contributed by atoms with van der Waals surface area (Å²) in [6.45, 7) is 6.38. The van der Waals surface area contributed by atoms with Crippen LogP contribution in [0.25, 0.3) is 0 Å². The van der Waals surface area contributed by atoms with Gasteiger partial charge in [0.25, 0.3) is 20.0 Å². The Morgan fingerprint density at radius 2 is 0.922 bits per heavy atom. The van der Waals surface area contributed by atoms with Crippen LogP contribution in [0.3, 0.4) is 0 Å². The second-order valence-electron chi connectivity index (χ2n) is 22.8. The molecule has 24 heteroatoms. The summed E-state index contributed by atoms with van der Waals surface area (Å²) in [5, 5.41) is 3.70. The molecule has 4 aliphatic rings. The fourth-order valence-electron chi connectivity index (χ4n) is 12.6. The Morgan fingerprint density at radius 3 is 1.28 bits per heavy atom. The SMILES string of the molecule is COc1ccc(CN(c2nccs2)S(=O)(=O)c2cc3c(cc2F)[C@@H](N2CC[C@@H](C)C[C@H]2c2ccc(F)cc2)CCO3)c(OC)c1.COc1ccc(CN(c2nccs2)S(=O)(=O)c2cc3c(cc2F)[C@H](N2CC[C@@H](C)C[C@H]2c2ccc(F)cc2)CCO3)c(OC)c1. The largest absolute Gasteiger partial charge is 0.497 e. The number of rotatable bonds is 18. The minimum Gasteiger partial charge on any atom is -0.497 e. The van der Waals surface area contributed by atoms with E-state index >= 15 is 8.78 Å². The summed E-state index contributed by atoms with van der Waals surface area (Å²) in [4.78, 5) is 12.2. The van der Waals surface area contributed by atoms with E-state index in [0.717, 1.165) is 81.2 Å². The van der Waals surface area contributed by atoms with E-state index in [4.69, 9.17) is 28.4 Å². The second-order valence-corrected chi connectivity index (χ2v) is 28.2. The van der Waals surface area contributed by atoms with Gasteiger partial charge < -0.3 is 28.4 Å². The fourth-order valence-corrected chi connectivity index (χ4v) is 17.3. The van der Waals surface area contributed by atoms with Crippen molar-refractivity contribution in [2.24, 2.45) is 11.8 Å². The summed E-state index contributed by atoms with van der Waals surface area (Å²) < 4.78 is 153. The molecule has 90 heavy (non-hydrogen) atoms. The molecule has 0 bridgehead atoms. The predicted octanol–water partition coefficient (Wildman–Crippen LogP) is 14.3. The quantitative estimate of drug-likeness (QED) is 0.0746. The van der Waals surface area contributed by atoms with Gasteiger partial charge in [0.1, 0.15) is 67.6 Å². The monoisotopic (exact) mass is 1310 g/mol. The number of hydrogen-bond acceptors (Lipinski definition) is 16. The highest BCUT2D eigenvalue weighted by Gasteiger charge is 2.41. The van der Waals surface area contributed by atoms with Gasteiger partial charge in [-0.2, -0.15) is 0 Å². The Morgan fingerprint density at radius 1 is 0.522 bits per heavy atom. The number of likely N-dealkylation sites (tertiary alicyclic amines) is 2. The van der Waals surface area contributed by atoms with E-state index < -0.39 is 41.5 Å².